The molecule has 1 unspecified atom stereocenters. The van der Waals surface area contributed by atoms with Crippen molar-refractivity contribution in [1.82, 2.24) is 4.90 Å². The van der Waals surface area contributed by atoms with Gasteiger partial charge in [-0.15, -0.1) is 0 Å². The van der Waals surface area contributed by atoms with Gasteiger partial charge in [-0.3, -0.25) is 4.79 Å². The summed E-state index contributed by atoms with van der Waals surface area (Å²) < 4.78 is 0. The standard InChI is InChI=1S/C17H19NO2/c1-17(20)10-5-11-18(12-17)16(19)15-9-4-7-13-6-2-3-8-14(13)15/h2-4,6-9,20H,5,10-12H2,1H3. The monoisotopic (exact) mass is 269 g/mol. The van der Waals surface area contributed by atoms with Crippen molar-refractivity contribution >= 4 is 16.7 Å². The van der Waals surface area contributed by atoms with E-state index in [2.05, 4.69) is 0 Å². The molecule has 1 amide bonds. The van der Waals surface area contributed by atoms with Crippen molar-refractivity contribution in [2.45, 2.75) is 25.4 Å². The molecule has 0 spiro atoms. The molecule has 20 heavy (non-hydrogen) atoms. The normalized spacial score (nSPS) is 23.0. The quantitative estimate of drug-likeness (QED) is 0.864. The van der Waals surface area contributed by atoms with Crippen molar-refractivity contribution < 1.29 is 9.90 Å². The smallest absolute Gasteiger partial charge is 0.254 e. The molecule has 1 N–H and O–H groups in total. The van der Waals surface area contributed by atoms with Gasteiger partial charge in [0.2, 0.25) is 0 Å². The lowest BCUT2D eigenvalue weighted by atomic mass is 9.94. The Hall–Kier alpha value is -1.87. The average Bonchev–Trinajstić information content (AvgIpc) is 2.45. The zero-order chi connectivity index (χ0) is 14.2. The molecule has 1 heterocycles. The molecule has 3 rings (SSSR count). The van der Waals surface area contributed by atoms with Crippen molar-refractivity contribution in [3.8, 4) is 0 Å². The van der Waals surface area contributed by atoms with Gasteiger partial charge in [0.05, 0.1) is 5.60 Å². The van der Waals surface area contributed by atoms with Gasteiger partial charge in [0.25, 0.3) is 5.91 Å². The van der Waals surface area contributed by atoms with E-state index >= 15 is 0 Å². The Balaban J connectivity index is 1.97. The van der Waals surface area contributed by atoms with Crippen molar-refractivity contribution in [2.75, 3.05) is 13.1 Å². The third kappa shape index (κ3) is 2.41. The number of carbonyl (C=O) groups is 1. The average molecular weight is 269 g/mol. The Labute approximate surface area is 118 Å². The van der Waals surface area contributed by atoms with E-state index in [1.54, 1.807) is 11.8 Å². The van der Waals surface area contributed by atoms with E-state index in [9.17, 15) is 9.90 Å². The molecule has 0 aliphatic carbocycles. The van der Waals surface area contributed by atoms with Crippen LogP contribution in [0.5, 0.6) is 0 Å². The summed E-state index contributed by atoms with van der Waals surface area (Å²) in [5.74, 6) is 0.0155. The number of hydrogen-bond acceptors (Lipinski definition) is 2. The van der Waals surface area contributed by atoms with E-state index < -0.39 is 5.60 Å². The van der Waals surface area contributed by atoms with Crippen LogP contribution in [0.4, 0.5) is 0 Å². The first kappa shape index (κ1) is 13.1. The summed E-state index contributed by atoms with van der Waals surface area (Å²) >= 11 is 0. The largest absolute Gasteiger partial charge is 0.388 e. The lowest BCUT2D eigenvalue weighted by Gasteiger charge is -2.37. The predicted octanol–water partition coefficient (Wildman–Crippen LogP) is 2.83. The summed E-state index contributed by atoms with van der Waals surface area (Å²) in [5.41, 5.74) is -0.0424. The van der Waals surface area contributed by atoms with Crippen LogP contribution >= 0.6 is 0 Å². The van der Waals surface area contributed by atoms with Crippen LogP contribution < -0.4 is 0 Å². The maximum absolute atomic E-state index is 12.7. The number of β-amino-alcohol motifs (C(OH)–C–C–N with tert-alkyl or cyclic N) is 1. The van der Waals surface area contributed by atoms with E-state index in [1.165, 1.54) is 0 Å². The molecular formula is C17H19NO2. The number of piperidine rings is 1. The summed E-state index contributed by atoms with van der Waals surface area (Å²) in [6.07, 6.45) is 1.61. The number of nitrogens with zero attached hydrogens (tertiary/aromatic N) is 1. The van der Waals surface area contributed by atoms with Crippen LogP contribution in [0.3, 0.4) is 0 Å². The highest BCUT2D eigenvalue weighted by Gasteiger charge is 2.31. The molecule has 2 aromatic rings. The minimum atomic E-state index is -0.765. The van der Waals surface area contributed by atoms with Crippen LogP contribution in [-0.4, -0.2) is 34.6 Å². The zero-order valence-electron chi connectivity index (χ0n) is 11.7. The Kier molecular flexibility index (Phi) is 3.22. The molecule has 0 saturated carbocycles. The second-order valence-electron chi connectivity index (χ2n) is 5.85. The minimum Gasteiger partial charge on any atom is -0.388 e. The molecule has 1 atom stereocenters. The van der Waals surface area contributed by atoms with Crippen LogP contribution in [0.15, 0.2) is 42.5 Å². The highest BCUT2D eigenvalue weighted by atomic mass is 16.3. The lowest BCUT2D eigenvalue weighted by molar-refractivity contribution is -0.0106. The fourth-order valence-electron chi connectivity index (χ4n) is 2.98. The Morgan fingerprint density at radius 3 is 2.75 bits per heavy atom. The molecular weight excluding hydrogens is 250 g/mol. The number of amides is 1. The van der Waals surface area contributed by atoms with E-state index in [-0.39, 0.29) is 5.91 Å². The first-order valence-corrected chi connectivity index (χ1v) is 7.06. The topological polar surface area (TPSA) is 40.5 Å². The molecule has 0 radical (unpaired) electrons. The zero-order valence-corrected chi connectivity index (χ0v) is 11.7. The summed E-state index contributed by atoms with van der Waals surface area (Å²) in [6, 6.07) is 13.7. The number of likely N-dealkylation sites (tertiary alicyclic amines) is 1. The van der Waals surface area contributed by atoms with Crippen molar-refractivity contribution in [3.05, 3.63) is 48.0 Å². The van der Waals surface area contributed by atoms with Crippen LogP contribution in [0.2, 0.25) is 0 Å². The first-order valence-electron chi connectivity index (χ1n) is 7.06. The second kappa shape index (κ2) is 4.91. The van der Waals surface area contributed by atoms with Crippen LogP contribution in [0.25, 0.3) is 10.8 Å². The van der Waals surface area contributed by atoms with Gasteiger partial charge in [-0.1, -0.05) is 36.4 Å². The number of carbonyl (C=O) groups excluding carboxylic acids is 1. The molecule has 0 aromatic heterocycles. The fraction of sp³-hybridized carbons (Fsp3) is 0.353. The molecule has 1 saturated heterocycles. The molecule has 1 aliphatic rings. The SMILES string of the molecule is CC1(O)CCCN(C(=O)c2cccc3ccccc23)C1. The molecule has 104 valence electrons. The van der Waals surface area contributed by atoms with Gasteiger partial charge >= 0.3 is 0 Å². The number of rotatable bonds is 1. The van der Waals surface area contributed by atoms with Crippen LogP contribution in [-0.2, 0) is 0 Å². The van der Waals surface area contributed by atoms with E-state index in [1.807, 2.05) is 42.5 Å². The number of hydrogen-bond donors (Lipinski definition) is 1. The number of benzene rings is 2. The Morgan fingerprint density at radius 1 is 1.20 bits per heavy atom. The van der Waals surface area contributed by atoms with Gasteiger partial charge in [-0.25, -0.2) is 0 Å². The van der Waals surface area contributed by atoms with Gasteiger partial charge in [-0.2, -0.15) is 0 Å². The third-order valence-electron chi connectivity index (χ3n) is 3.98. The summed E-state index contributed by atoms with van der Waals surface area (Å²) in [6.45, 7) is 2.93. The van der Waals surface area contributed by atoms with Crippen molar-refractivity contribution in [3.63, 3.8) is 0 Å². The van der Waals surface area contributed by atoms with Crippen LogP contribution in [0, 0.1) is 0 Å². The highest BCUT2D eigenvalue weighted by Crippen LogP contribution is 2.25. The first-order chi connectivity index (χ1) is 9.57. The van der Waals surface area contributed by atoms with Gasteiger partial charge in [0, 0.05) is 18.7 Å². The Morgan fingerprint density at radius 2 is 1.95 bits per heavy atom. The van der Waals surface area contributed by atoms with E-state index in [0.717, 1.165) is 35.7 Å². The highest BCUT2D eigenvalue weighted by molar-refractivity contribution is 6.07. The maximum Gasteiger partial charge on any atom is 0.254 e. The lowest BCUT2D eigenvalue weighted by Crippen LogP contribution is -2.48. The summed E-state index contributed by atoms with van der Waals surface area (Å²) in [7, 11) is 0. The minimum absolute atomic E-state index is 0.0155. The molecule has 1 fully saturated rings. The predicted molar refractivity (Wildman–Crippen MR) is 79.7 cm³/mol. The van der Waals surface area contributed by atoms with E-state index in [0.29, 0.717) is 6.54 Å². The Bertz CT molecular complexity index is 643. The van der Waals surface area contributed by atoms with Gasteiger partial charge in [0.1, 0.15) is 0 Å². The van der Waals surface area contributed by atoms with Crippen molar-refractivity contribution in [2.24, 2.45) is 0 Å². The van der Waals surface area contributed by atoms with Crippen molar-refractivity contribution in [1.29, 1.82) is 0 Å². The summed E-state index contributed by atoms with van der Waals surface area (Å²) in [4.78, 5) is 14.5. The third-order valence-corrected chi connectivity index (χ3v) is 3.98. The number of aliphatic hydroxyl groups is 1. The maximum atomic E-state index is 12.7. The fourth-order valence-corrected chi connectivity index (χ4v) is 2.98. The van der Waals surface area contributed by atoms with Crippen LogP contribution in [0.1, 0.15) is 30.1 Å². The van der Waals surface area contributed by atoms with Gasteiger partial charge < -0.3 is 10.0 Å². The van der Waals surface area contributed by atoms with E-state index in [4.69, 9.17) is 0 Å². The van der Waals surface area contributed by atoms with Gasteiger partial charge in [-0.05, 0) is 36.6 Å². The molecule has 0 bridgehead atoms. The van der Waals surface area contributed by atoms with Gasteiger partial charge in [0.15, 0.2) is 0 Å². The molecule has 2 aromatic carbocycles. The molecule has 1 aliphatic heterocycles. The second-order valence-corrected chi connectivity index (χ2v) is 5.85. The summed E-state index contributed by atoms with van der Waals surface area (Å²) in [5, 5.41) is 12.2. The number of fused-ring (bicyclic) bond motifs is 1. The molecule has 3 nitrogen and oxygen atoms in total. The molecule has 3 heteroatoms.